The first-order valence-electron chi connectivity index (χ1n) is 20.0. The summed E-state index contributed by atoms with van der Waals surface area (Å²) in [6, 6.07) is 0.461. The smallest absolute Gasteiger partial charge is 0.307 e. The molecule has 49 heavy (non-hydrogen) atoms. The topological polar surface area (TPSA) is 92.7 Å². The van der Waals surface area contributed by atoms with E-state index in [-0.39, 0.29) is 22.8 Å². The number of aliphatic carboxylic acids is 1. The molecule has 270 valence electrons. The number of hydrogen-bond donors (Lipinski definition) is 2. The number of nitrogens with zero attached hydrogens (tertiary/aromatic N) is 1. The average molecular weight is 690 g/mol. The van der Waals surface area contributed by atoms with Crippen molar-refractivity contribution in [1.82, 2.24) is 10.2 Å². The summed E-state index contributed by atoms with van der Waals surface area (Å²) < 4.78 is 23.3. The van der Waals surface area contributed by atoms with Crippen molar-refractivity contribution in [3.05, 3.63) is 35.5 Å². The second-order valence-corrected chi connectivity index (χ2v) is 21.5. The Kier molecular flexibility index (Phi) is 7.45. The SMILES string of the molecule is C=C(C)[C@@H]1CCC2(NCCN3CC4(S(=O)[O-])CC3C4)CCC3C(CCC4C3(C)CCC3C(C)(C)C(C5=CC6C(C5)C6C(=O)O)=CCC34C)C12. The number of carboxylic acid groups (broad SMARTS) is 1. The van der Waals surface area contributed by atoms with E-state index in [1.165, 1.54) is 68.9 Å². The Morgan fingerprint density at radius 1 is 1.04 bits per heavy atom. The molecule has 6 saturated carbocycles. The van der Waals surface area contributed by atoms with E-state index in [0.717, 1.165) is 56.7 Å². The van der Waals surface area contributed by atoms with Crippen LogP contribution in [0.3, 0.4) is 0 Å². The van der Waals surface area contributed by atoms with Gasteiger partial charge in [0.15, 0.2) is 0 Å². The van der Waals surface area contributed by atoms with Gasteiger partial charge >= 0.3 is 5.97 Å². The molecule has 0 amide bonds. The van der Waals surface area contributed by atoms with Gasteiger partial charge in [-0.25, -0.2) is 0 Å². The molecule has 0 aromatic heterocycles. The lowest BCUT2D eigenvalue weighted by molar-refractivity contribution is -0.177. The van der Waals surface area contributed by atoms with Gasteiger partial charge in [-0.2, -0.15) is 0 Å². The monoisotopic (exact) mass is 689 g/mol. The number of allylic oxidation sites excluding steroid dienone is 5. The maximum Gasteiger partial charge on any atom is 0.307 e. The third-order valence-corrected chi connectivity index (χ3v) is 19.1. The van der Waals surface area contributed by atoms with Crippen LogP contribution in [0.2, 0.25) is 0 Å². The van der Waals surface area contributed by atoms with Crippen LogP contribution in [0.4, 0.5) is 0 Å². The van der Waals surface area contributed by atoms with Crippen molar-refractivity contribution < 1.29 is 18.7 Å². The second-order valence-electron chi connectivity index (χ2n) is 20.1. The molecule has 0 aromatic carbocycles. The molecule has 6 nitrogen and oxygen atoms in total. The fourth-order valence-electron chi connectivity index (χ4n) is 15.9. The average Bonchev–Trinajstić information content (AvgIpc) is 3.45. The highest BCUT2D eigenvalue weighted by atomic mass is 32.2. The third-order valence-electron chi connectivity index (χ3n) is 18.0. The molecule has 7 heteroatoms. The number of nitrogens with one attached hydrogen (secondary N) is 1. The first-order chi connectivity index (χ1) is 23.2. The van der Waals surface area contributed by atoms with Gasteiger partial charge in [0.1, 0.15) is 0 Å². The zero-order chi connectivity index (χ0) is 34.5. The van der Waals surface area contributed by atoms with Crippen LogP contribution in [0.15, 0.2) is 35.5 Å². The van der Waals surface area contributed by atoms with Gasteiger partial charge in [0.05, 0.1) is 5.92 Å². The van der Waals surface area contributed by atoms with Gasteiger partial charge in [-0.1, -0.05) is 52.0 Å². The van der Waals surface area contributed by atoms with Crippen LogP contribution >= 0.6 is 0 Å². The van der Waals surface area contributed by atoms with Crippen molar-refractivity contribution in [1.29, 1.82) is 0 Å². The minimum atomic E-state index is -1.96. The molecule has 8 fully saturated rings. The predicted molar refractivity (Wildman–Crippen MR) is 193 cm³/mol. The van der Waals surface area contributed by atoms with Crippen molar-refractivity contribution >= 4 is 17.0 Å². The van der Waals surface area contributed by atoms with Gasteiger partial charge < -0.3 is 15.0 Å². The van der Waals surface area contributed by atoms with E-state index in [4.69, 9.17) is 0 Å². The number of rotatable bonds is 8. The normalized spacial score (nSPS) is 52.4. The summed E-state index contributed by atoms with van der Waals surface area (Å²) >= 11 is -1.96. The van der Waals surface area contributed by atoms with E-state index >= 15 is 0 Å². The first-order valence-corrected chi connectivity index (χ1v) is 21.1. The van der Waals surface area contributed by atoms with Crippen LogP contribution in [0.25, 0.3) is 0 Å². The van der Waals surface area contributed by atoms with Crippen molar-refractivity contribution in [2.24, 2.45) is 69.5 Å². The van der Waals surface area contributed by atoms with Gasteiger partial charge in [-0.05, 0) is 170 Å². The summed E-state index contributed by atoms with van der Waals surface area (Å²) in [5.41, 5.74) is 5.39. The molecule has 13 atom stereocenters. The van der Waals surface area contributed by atoms with Crippen molar-refractivity contribution in [2.75, 3.05) is 19.6 Å². The lowest BCUT2D eigenvalue weighted by Gasteiger charge is -2.68. The molecule has 2 N–H and O–H groups in total. The second kappa shape index (κ2) is 10.9. The quantitative estimate of drug-likeness (QED) is 0.203. The Morgan fingerprint density at radius 2 is 1.80 bits per heavy atom. The van der Waals surface area contributed by atoms with Crippen LogP contribution in [0.5, 0.6) is 0 Å². The molecule has 2 bridgehead atoms. The minimum absolute atomic E-state index is 0.118. The first kappa shape index (κ1) is 33.5. The Labute approximate surface area is 297 Å². The zero-order valence-electron chi connectivity index (χ0n) is 30.8. The summed E-state index contributed by atoms with van der Waals surface area (Å²) in [5, 5.41) is 13.8. The molecule has 0 spiro atoms. The van der Waals surface area contributed by atoms with Crippen LogP contribution in [-0.2, 0) is 15.9 Å². The highest BCUT2D eigenvalue weighted by molar-refractivity contribution is 7.80. The molecule has 2 saturated heterocycles. The van der Waals surface area contributed by atoms with Gasteiger partial charge in [0.2, 0.25) is 0 Å². The fraction of sp³-hybridized carbons (Fsp3) is 0.833. The highest BCUT2D eigenvalue weighted by Gasteiger charge is 2.67. The van der Waals surface area contributed by atoms with Crippen molar-refractivity contribution in [3.8, 4) is 0 Å². The summed E-state index contributed by atoms with van der Waals surface area (Å²) in [5.74, 6) is 4.04. The molecule has 10 aliphatic rings. The van der Waals surface area contributed by atoms with Gasteiger partial charge in [0.25, 0.3) is 0 Å². The summed E-state index contributed by atoms with van der Waals surface area (Å²) in [6.07, 6.45) is 19.2. The Bertz CT molecular complexity index is 1540. The third kappa shape index (κ3) is 4.52. The Balaban J connectivity index is 0.940. The highest BCUT2D eigenvalue weighted by Crippen LogP contribution is 2.73. The van der Waals surface area contributed by atoms with E-state index in [9.17, 15) is 18.7 Å². The predicted octanol–water partition coefficient (Wildman–Crippen LogP) is 7.51. The number of carbonyl (C=O) groups is 1. The fourth-order valence-corrected chi connectivity index (χ4v) is 16.8. The summed E-state index contributed by atoms with van der Waals surface area (Å²) in [7, 11) is 0. The molecule has 0 radical (unpaired) electrons. The lowest BCUT2D eigenvalue weighted by Crippen LogP contribution is -2.64. The van der Waals surface area contributed by atoms with Gasteiger partial charge in [-0.15, -0.1) is 0 Å². The largest absolute Gasteiger partial charge is 0.772 e. The molecular weight excluding hydrogens is 629 g/mol. The van der Waals surface area contributed by atoms with Crippen LogP contribution in [0.1, 0.15) is 112 Å². The number of fused-ring (bicyclic) bond motifs is 9. The van der Waals surface area contributed by atoms with Crippen LogP contribution in [-0.4, -0.2) is 60.7 Å². The van der Waals surface area contributed by atoms with E-state index in [1.807, 2.05) is 0 Å². The number of carboxylic acids is 1. The van der Waals surface area contributed by atoms with Gasteiger partial charge in [0, 0.05) is 36.0 Å². The van der Waals surface area contributed by atoms with Crippen LogP contribution in [0, 0.1) is 69.5 Å². The molecule has 10 rings (SSSR count). The van der Waals surface area contributed by atoms with Crippen molar-refractivity contribution in [2.45, 2.75) is 128 Å². The van der Waals surface area contributed by atoms with E-state index in [2.05, 4.69) is 63.6 Å². The lowest BCUT2D eigenvalue weighted by atomic mass is 9.36. The van der Waals surface area contributed by atoms with E-state index < -0.39 is 21.8 Å². The molecule has 2 heterocycles. The Morgan fingerprint density at radius 3 is 2.45 bits per heavy atom. The molecule has 8 aliphatic carbocycles. The van der Waals surface area contributed by atoms with Gasteiger partial charge in [-0.3, -0.25) is 13.9 Å². The maximum atomic E-state index is 11.9. The van der Waals surface area contributed by atoms with E-state index in [1.54, 1.807) is 5.57 Å². The van der Waals surface area contributed by atoms with Crippen molar-refractivity contribution in [3.63, 3.8) is 0 Å². The zero-order valence-corrected chi connectivity index (χ0v) is 31.6. The molecule has 12 unspecified atom stereocenters. The maximum absolute atomic E-state index is 11.9. The molecule has 0 aromatic rings. The Hall–Kier alpha value is -1.28. The summed E-state index contributed by atoms with van der Waals surface area (Å²) in [4.78, 5) is 14.1. The minimum Gasteiger partial charge on any atom is -0.772 e. The number of hydrogen-bond acceptors (Lipinski definition) is 5. The molecule has 2 aliphatic heterocycles. The van der Waals surface area contributed by atoms with E-state index in [0.29, 0.717) is 40.5 Å². The molecular formula is C42H61N2O4S-. The standard InChI is InChI=1S/C42H62N2O4S/c1-24(2)27-9-15-42(43-17-18-44-23-41(49(47)48)21-26(44)22-41)16-11-32-28(36(27)42)7-8-34-39(32,5)14-12-33-38(3,4)31(10-13-40(33,34)6)25-19-29-30(20-25)35(29)37(45)46/h10,19,26-30,32-36,43H,1,7-9,11-18,20-23H2,2-6H3,(H,45,46)(H,47,48)/p-1/t26?,27-,28?,29?,30?,32?,33?,34?,35?,36?,39?,40?,41?,42?/m0/s1. The summed E-state index contributed by atoms with van der Waals surface area (Å²) in [6.45, 7) is 20.0. The van der Waals surface area contributed by atoms with Crippen LogP contribution < -0.4 is 5.32 Å².